The van der Waals surface area contributed by atoms with Gasteiger partial charge in [0, 0.05) is 29.2 Å². The first-order valence-corrected chi connectivity index (χ1v) is 8.60. The van der Waals surface area contributed by atoms with E-state index < -0.39 is 0 Å². The van der Waals surface area contributed by atoms with Gasteiger partial charge in [-0.3, -0.25) is 4.99 Å². The number of para-hydroxylation sites is 1. The Kier molecular flexibility index (Phi) is 3.70. The topological polar surface area (TPSA) is 17.3 Å². The second kappa shape index (κ2) is 5.38. The van der Waals surface area contributed by atoms with Crippen LogP contribution >= 0.6 is 11.8 Å². The van der Waals surface area contributed by atoms with E-state index in [0.717, 1.165) is 13.0 Å². The standard InChI is InChI=1S/C18H22N2S/c1-13-10-15-16(20(13)14-8-6-5-7-9-14)11-18(2,3)12-19-17(15)21-4/h5-10H,11-12H2,1-4H3. The van der Waals surface area contributed by atoms with E-state index in [9.17, 15) is 0 Å². The summed E-state index contributed by atoms with van der Waals surface area (Å²) in [5.41, 5.74) is 5.44. The Bertz CT molecular complexity index is 681. The number of aliphatic imine (C=N–C) groups is 1. The Balaban J connectivity index is 2.22. The molecule has 0 radical (unpaired) electrons. The third kappa shape index (κ3) is 2.67. The molecule has 0 unspecified atom stereocenters. The molecule has 0 fully saturated rings. The fourth-order valence-electron chi connectivity index (χ4n) is 3.04. The van der Waals surface area contributed by atoms with Crippen LogP contribution in [-0.2, 0) is 6.42 Å². The van der Waals surface area contributed by atoms with Crippen LogP contribution in [0.15, 0.2) is 41.4 Å². The highest BCUT2D eigenvalue weighted by molar-refractivity contribution is 8.13. The van der Waals surface area contributed by atoms with Crippen molar-refractivity contribution in [3.8, 4) is 5.69 Å². The Morgan fingerprint density at radius 3 is 2.57 bits per heavy atom. The van der Waals surface area contributed by atoms with E-state index in [0.29, 0.717) is 0 Å². The van der Waals surface area contributed by atoms with E-state index in [1.54, 1.807) is 11.8 Å². The van der Waals surface area contributed by atoms with Gasteiger partial charge in [0.1, 0.15) is 0 Å². The Morgan fingerprint density at radius 2 is 1.90 bits per heavy atom. The fourth-order valence-corrected chi connectivity index (χ4v) is 3.63. The fraction of sp³-hybridized carbons (Fsp3) is 0.389. The molecule has 1 aliphatic rings. The molecule has 0 aliphatic carbocycles. The van der Waals surface area contributed by atoms with Crippen LogP contribution < -0.4 is 0 Å². The molecule has 0 saturated heterocycles. The lowest BCUT2D eigenvalue weighted by Gasteiger charge is -2.22. The maximum atomic E-state index is 4.85. The number of hydrogen-bond donors (Lipinski definition) is 0. The lowest BCUT2D eigenvalue weighted by atomic mass is 9.88. The number of nitrogens with zero attached hydrogens (tertiary/aromatic N) is 2. The van der Waals surface area contributed by atoms with Crippen LogP contribution in [0.25, 0.3) is 5.69 Å². The van der Waals surface area contributed by atoms with Gasteiger partial charge in [0.25, 0.3) is 0 Å². The van der Waals surface area contributed by atoms with Crippen molar-refractivity contribution in [2.45, 2.75) is 27.2 Å². The molecule has 2 heterocycles. The second-order valence-electron chi connectivity index (χ2n) is 6.48. The average Bonchev–Trinajstić information content (AvgIpc) is 2.70. The summed E-state index contributed by atoms with van der Waals surface area (Å²) in [5.74, 6) is 0. The van der Waals surface area contributed by atoms with Gasteiger partial charge in [-0.15, -0.1) is 11.8 Å². The van der Waals surface area contributed by atoms with Gasteiger partial charge in [-0.2, -0.15) is 0 Å². The number of thioether (sulfide) groups is 1. The highest BCUT2D eigenvalue weighted by Crippen LogP contribution is 2.34. The molecule has 1 aromatic heterocycles. The molecule has 2 nitrogen and oxygen atoms in total. The van der Waals surface area contributed by atoms with Crippen LogP contribution in [0, 0.1) is 12.3 Å². The first-order chi connectivity index (χ1) is 10.0. The molecule has 0 atom stereocenters. The van der Waals surface area contributed by atoms with E-state index in [1.165, 1.54) is 27.7 Å². The molecule has 0 saturated carbocycles. The van der Waals surface area contributed by atoms with Gasteiger partial charge in [0.2, 0.25) is 0 Å². The minimum absolute atomic E-state index is 0.198. The molecule has 110 valence electrons. The summed E-state index contributed by atoms with van der Waals surface area (Å²) in [6.07, 6.45) is 3.18. The molecular formula is C18H22N2S. The van der Waals surface area contributed by atoms with Crippen molar-refractivity contribution in [1.82, 2.24) is 4.57 Å². The maximum absolute atomic E-state index is 4.85. The van der Waals surface area contributed by atoms with E-state index in [2.05, 4.69) is 68.0 Å². The van der Waals surface area contributed by atoms with Gasteiger partial charge in [-0.25, -0.2) is 0 Å². The lowest BCUT2D eigenvalue weighted by molar-refractivity contribution is 0.374. The summed E-state index contributed by atoms with van der Waals surface area (Å²) >= 11 is 1.76. The Hall–Kier alpha value is -1.48. The highest BCUT2D eigenvalue weighted by Gasteiger charge is 2.28. The number of fused-ring (bicyclic) bond motifs is 1. The lowest BCUT2D eigenvalue weighted by Crippen LogP contribution is -2.20. The highest BCUT2D eigenvalue weighted by atomic mass is 32.2. The maximum Gasteiger partial charge on any atom is 0.0992 e. The van der Waals surface area contributed by atoms with Gasteiger partial charge >= 0.3 is 0 Å². The van der Waals surface area contributed by atoms with Crippen molar-refractivity contribution in [3.63, 3.8) is 0 Å². The SMILES string of the molecule is CSC1=NCC(C)(C)Cc2c1cc(C)n2-c1ccccc1. The zero-order chi connectivity index (χ0) is 15.0. The number of aromatic nitrogens is 1. The largest absolute Gasteiger partial charge is 0.317 e. The zero-order valence-corrected chi connectivity index (χ0v) is 14.0. The summed E-state index contributed by atoms with van der Waals surface area (Å²) < 4.78 is 2.40. The predicted octanol–water partition coefficient (Wildman–Crippen LogP) is 4.48. The summed E-state index contributed by atoms with van der Waals surface area (Å²) in [7, 11) is 0. The van der Waals surface area contributed by atoms with Crippen LogP contribution in [0.4, 0.5) is 0 Å². The smallest absolute Gasteiger partial charge is 0.0992 e. The normalized spacial score (nSPS) is 17.0. The molecule has 1 aromatic carbocycles. The first-order valence-electron chi connectivity index (χ1n) is 7.37. The van der Waals surface area contributed by atoms with Gasteiger partial charge in [-0.1, -0.05) is 32.0 Å². The van der Waals surface area contributed by atoms with Crippen LogP contribution in [-0.4, -0.2) is 22.4 Å². The van der Waals surface area contributed by atoms with Crippen molar-refractivity contribution >= 4 is 16.8 Å². The molecule has 2 aromatic rings. The van der Waals surface area contributed by atoms with E-state index in [4.69, 9.17) is 4.99 Å². The second-order valence-corrected chi connectivity index (χ2v) is 7.28. The van der Waals surface area contributed by atoms with E-state index >= 15 is 0 Å². The monoisotopic (exact) mass is 298 g/mol. The zero-order valence-electron chi connectivity index (χ0n) is 13.2. The minimum Gasteiger partial charge on any atom is -0.317 e. The quantitative estimate of drug-likeness (QED) is 0.759. The summed E-state index contributed by atoms with van der Waals surface area (Å²) in [4.78, 5) is 4.85. The molecule has 3 heteroatoms. The summed E-state index contributed by atoms with van der Waals surface area (Å²) in [6, 6.07) is 12.9. The van der Waals surface area contributed by atoms with Crippen LogP contribution in [0.5, 0.6) is 0 Å². The first kappa shape index (κ1) is 14.5. The Morgan fingerprint density at radius 1 is 1.19 bits per heavy atom. The third-order valence-electron chi connectivity index (χ3n) is 4.02. The average molecular weight is 298 g/mol. The molecule has 1 aliphatic heterocycles. The van der Waals surface area contributed by atoms with Crippen molar-refractivity contribution in [2.24, 2.45) is 10.4 Å². The van der Waals surface area contributed by atoms with E-state index in [1.807, 2.05) is 0 Å². The van der Waals surface area contributed by atoms with Crippen molar-refractivity contribution in [1.29, 1.82) is 0 Å². The summed E-state index contributed by atoms with van der Waals surface area (Å²) in [5, 5.41) is 1.17. The number of benzene rings is 1. The van der Waals surface area contributed by atoms with Crippen LogP contribution in [0.3, 0.4) is 0 Å². The van der Waals surface area contributed by atoms with Gasteiger partial charge in [0.15, 0.2) is 0 Å². The van der Waals surface area contributed by atoms with Crippen molar-refractivity contribution < 1.29 is 0 Å². The molecule has 0 spiro atoms. The van der Waals surface area contributed by atoms with Gasteiger partial charge < -0.3 is 4.57 Å². The molecule has 0 amide bonds. The van der Waals surface area contributed by atoms with Crippen molar-refractivity contribution in [3.05, 3.63) is 53.3 Å². The van der Waals surface area contributed by atoms with E-state index in [-0.39, 0.29) is 5.41 Å². The number of hydrogen-bond acceptors (Lipinski definition) is 2. The molecule has 0 N–H and O–H groups in total. The molecule has 3 rings (SSSR count). The van der Waals surface area contributed by atoms with Crippen molar-refractivity contribution in [2.75, 3.05) is 12.8 Å². The molecular weight excluding hydrogens is 276 g/mol. The predicted molar refractivity (Wildman–Crippen MR) is 92.9 cm³/mol. The molecule has 21 heavy (non-hydrogen) atoms. The van der Waals surface area contributed by atoms with Crippen LogP contribution in [0.2, 0.25) is 0 Å². The van der Waals surface area contributed by atoms with Gasteiger partial charge in [-0.05, 0) is 43.2 Å². The number of aryl methyl sites for hydroxylation is 1. The van der Waals surface area contributed by atoms with Gasteiger partial charge in [0.05, 0.1) is 5.04 Å². The minimum atomic E-state index is 0.198. The Labute approximate surface area is 131 Å². The summed E-state index contributed by atoms with van der Waals surface area (Å²) in [6.45, 7) is 7.70. The van der Waals surface area contributed by atoms with Crippen LogP contribution in [0.1, 0.15) is 30.8 Å². The number of rotatable bonds is 1. The third-order valence-corrected chi connectivity index (χ3v) is 4.76. The molecule has 0 bridgehead atoms.